The molecule has 0 radical (unpaired) electrons. The van der Waals surface area contributed by atoms with Crippen LogP contribution in [0.25, 0.3) is 0 Å². The van der Waals surface area contributed by atoms with Crippen molar-refractivity contribution in [2.75, 3.05) is 53.9 Å². The van der Waals surface area contributed by atoms with Crippen molar-refractivity contribution >= 4 is 96.8 Å². The average molecular weight is 1770 g/mol. The number of aromatic hydroxyl groups is 1. The molecule has 30 nitrogen and oxygen atoms in total. The Morgan fingerprint density at radius 3 is 0.992 bits per heavy atom. The van der Waals surface area contributed by atoms with E-state index in [1.807, 2.05) is 60.7 Å². The van der Waals surface area contributed by atoms with Gasteiger partial charge in [0.25, 0.3) is 0 Å². The molecule has 0 aliphatic heterocycles. The third-order valence-corrected chi connectivity index (χ3v) is 20.7. The molecule has 0 aliphatic rings. The summed E-state index contributed by atoms with van der Waals surface area (Å²) in [6.07, 6.45) is -1.80. The molecule has 0 saturated carbocycles. The molecule has 7 N–H and O–H groups in total. The predicted molar refractivity (Wildman–Crippen MR) is 477 cm³/mol. The first-order valence-corrected chi connectivity index (χ1v) is 43.1. The molecule has 129 heavy (non-hydrogen) atoms. The van der Waals surface area contributed by atoms with Crippen molar-refractivity contribution in [2.24, 2.45) is 23.7 Å². The number of hydrogen-bond donors (Lipinski definition) is 7. The number of methoxy groups -OCH3 is 2. The molecular formula is C97H118B2N6O24. The second kappa shape index (κ2) is 61.0. The molecule has 7 rings (SSSR count). The van der Waals surface area contributed by atoms with E-state index in [9.17, 15) is 72.2 Å². The third kappa shape index (κ3) is 43.7. The molecule has 0 spiro atoms. The number of hydrogen-bond acceptors (Lipinski definition) is 26. The number of phenolic OH excluding ortho intramolecular Hbond substituents is 1. The number of esters is 2. The van der Waals surface area contributed by atoms with Gasteiger partial charge >= 0.3 is 360 Å². The summed E-state index contributed by atoms with van der Waals surface area (Å²) < 4.78 is 47.0. The van der Waals surface area contributed by atoms with Gasteiger partial charge in [-0.1, -0.05) is 176 Å². The first-order valence-electron chi connectivity index (χ1n) is 43.1. The minimum Gasteiger partial charge on any atom is -0.489 e. The molecule has 32 heteroatoms. The molecule has 0 saturated heterocycles. The minimum absolute atomic E-state index is 0.00807. The van der Waals surface area contributed by atoms with Gasteiger partial charge < -0.3 is 28.9 Å². The number of rotatable bonds is 63. The van der Waals surface area contributed by atoms with Crippen LogP contribution >= 0.6 is 0 Å². The number of ketones is 6. The van der Waals surface area contributed by atoms with E-state index in [1.54, 1.807) is 127 Å². The van der Waals surface area contributed by atoms with Crippen LogP contribution in [0, 0.1) is 34.3 Å². The first-order chi connectivity index (χ1) is 62.3. The van der Waals surface area contributed by atoms with Gasteiger partial charge in [-0.05, 0) is 89.9 Å². The van der Waals surface area contributed by atoms with Crippen molar-refractivity contribution < 1.29 is 115 Å². The van der Waals surface area contributed by atoms with Crippen LogP contribution in [0.4, 0.5) is 0 Å². The molecule has 0 aliphatic carbocycles. The van der Waals surface area contributed by atoms with E-state index in [1.165, 1.54) is 40.2 Å². The Bertz CT molecular complexity index is 4670. The molecule has 686 valence electrons. The normalized spacial score (nSPS) is 12.7. The van der Waals surface area contributed by atoms with Crippen LogP contribution in [0.3, 0.4) is 0 Å². The zero-order valence-electron chi connectivity index (χ0n) is 73.7. The molecule has 7 aromatic carbocycles. The zero-order chi connectivity index (χ0) is 93.3. The van der Waals surface area contributed by atoms with Gasteiger partial charge in [-0.15, -0.1) is 0 Å². The van der Waals surface area contributed by atoms with Crippen LogP contribution in [0.5, 0.6) is 11.5 Å². The van der Waals surface area contributed by atoms with Gasteiger partial charge in [0.2, 0.25) is 11.8 Å². The molecule has 7 aromatic rings. The molecule has 0 unspecified atom stereocenters. The number of amides is 4. The second-order valence-corrected chi connectivity index (χ2v) is 31.1. The van der Waals surface area contributed by atoms with Crippen LogP contribution in [-0.4, -0.2) is 180 Å². The topological polar surface area (TPSA) is 438 Å². The van der Waals surface area contributed by atoms with Gasteiger partial charge in [0.1, 0.15) is 42.9 Å². The van der Waals surface area contributed by atoms with E-state index in [-0.39, 0.29) is 146 Å². The summed E-state index contributed by atoms with van der Waals surface area (Å²) in [6, 6.07) is 54.5. The van der Waals surface area contributed by atoms with Crippen LogP contribution < -0.4 is 26.0 Å². The Hall–Kier alpha value is -12.5. The van der Waals surface area contributed by atoms with Crippen molar-refractivity contribution in [1.29, 1.82) is 10.6 Å². The Morgan fingerprint density at radius 2 is 0.643 bits per heavy atom. The smallest absolute Gasteiger partial charge is 0.489 e. The second-order valence-electron chi connectivity index (χ2n) is 31.1. The van der Waals surface area contributed by atoms with E-state index in [0.717, 1.165) is 27.8 Å². The predicted octanol–water partition coefficient (Wildman–Crippen LogP) is 11.0. The monoisotopic (exact) mass is 1770 g/mol. The number of carbonyl (C=O) groups excluding carboxylic acids is 14. The molecule has 0 bridgehead atoms. The average Bonchev–Trinajstić information content (AvgIpc) is 0.853. The van der Waals surface area contributed by atoms with Crippen LogP contribution in [0.1, 0.15) is 156 Å². The number of ether oxygens (including phenoxy) is 7. The summed E-state index contributed by atoms with van der Waals surface area (Å²) in [7, 11) is 4.01. The van der Waals surface area contributed by atoms with E-state index in [2.05, 4.69) is 30.6 Å². The van der Waals surface area contributed by atoms with Gasteiger partial charge in [0, 0.05) is 38.9 Å². The van der Waals surface area contributed by atoms with Gasteiger partial charge in [-0.2, -0.15) is 0 Å². The van der Waals surface area contributed by atoms with E-state index in [0.29, 0.717) is 77.3 Å². The van der Waals surface area contributed by atoms with Crippen molar-refractivity contribution in [3.8, 4) is 11.5 Å². The molecule has 0 fully saturated rings. The number of phenols is 1. The third-order valence-electron chi connectivity index (χ3n) is 20.7. The zero-order valence-corrected chi connectivity index (χ0v) is 73.7. The van der Waals surface area contributed by atoms with E-state index in [4.69, 9.17) is 43.8 Å². The fourth-order valence-electron chi connectivity index (χ4n) is 13.8. The number of carbonyl (C=O) groups is 14. The minimum atomic E-state index is -1.18. The fourth-order valence-corrected chi connectivity index (χ4v) is 13.8. The summed E-state index contributed by atoms with van der Waals surface area (Å²) in [5, 5.41) is 35.1. The van der Waals surface area contributed by atoms with Gasteiger partial charge in [0.15, 0.2) is 0 Å². The Balaban J connectivity index is 0.000000400. The summed E-state index contributed by atoms with van der Waals surface area (Å²) in [4.78, 5) is 188. The van der Waals surface area contributed by atoms with Crippen molar-refractivity contribution in [3.63, 3.8) is 0 Å². The summed E-state index contributed by atoms with van der Waals surface area (Å²) in [5.74, 6) is -11.1. The molecule has 8 atom stereocenters. The number of nitrogens with one attached hydrogen (secondary N) is 6. The van der Waals surface area contributed by atoms with Crippen molar-refractivity contribution in [3.05, 3.63) is 239 Å². The molecular weight excluding hydrogens is 1650 g/mol. The fraction of sp³-hybridized carbons (Fsp3) is 0.423. The molecule has 4 amide bonds. The maximum atomic E-state index is 14.6. The summed E-state index contributed by atoms with van der Waals surface area (Å²) in [5.41, 5.74) is 5.41. The molecule has 0 aromatic heterocycles. The van der Waals surface area contributed by atoms with E-state index >= 15 is 0 Å². The van der Waals surface area contributed by atoms with Gasteiger partial charge in [-0.25, -0.2) is 0 Å². The van der Waals surface area contributed by atoms with Gasteiger partial charge in [-0.3, -0.25) is 9.59 Å². The Labute approximate surface area is 754 Å². The standard InChI is InChI=1S/C52H62BN3O12.C45H56BN3O12/c1-37(57)31-43(32-39-20-23-44(24-21-39)66-35-40-15-8-4-9-16-40)52(63)56-46(33-38-13-6-3-7-14-38)48(59)34-42(22-26-49(60)67-36-41-17-10-5-11-18-41)51(62)55-45(25-27-50(61)68-53-54)47(58)19-12-28-65-30-29-64-2;1-31(50)26-36(27-33-15-18-37(51)19-16-33)45(57)49-39(28-32-10-5-3-6-11-32)41(53)29-35(17-21-42(54)60-30-34-12-7-4-8-13-34)44(56)48-38(20-22-43(55)61-46-47)40(52)14-9-23-59-25-24-58-2/h3-11,13-18,20-21,23-24,42-43,45-46,54H,12,19,22,25-36H2,1-2H3,(H,55,62)(H,56,63);3-8,10-13,15-16,18-19,35-36,38-39,47,51H,9,14,17,20-30H2,1-2H3,(H,48,56)(H,49,57)/t42-,43+,45-,46-;35-,36+,38-,39-/m11/s1. The van der Waals surface area contributed by atoms with Crippen LogP contribution in [0.15, 0.2) is 200 Å². The maximum absolute atomic E-state index is 14.6. The van der Waals surface area contributed by atoms with Crippen molar-refractivity contribution in [2.45, 2.75) is 186 Å². The Morgan fingerprint density at radius 1 is 0.326 bits per heavy atom. The van der Waals surface area contributed by atoms with Crippen LogP contribution in [-0.2, 0) is 150 Å². The Kier molecular flexibility index (Phi) is 49.8. The SMILES string of the molecule is COCCOCCCC(=O)[C@@H](CCC(=O)OB=N)NC(=O)[C@H](CCC(=O)OCc1ccccc1)CC(=O)[C@@H](Cc1ccccc1)NC(=O)[C@@H](CC(C)=O)Cc1ccc(O)cc1.COCCOCCCC(=O)[C@@H](CCC(=O)OB=N)NC(=O)[C@H](CCC(=O)OCc1ccccc1)CC(=O)[C@@H](Cc1ccccc1)NC(=O)[C@@H](CC(C)=O)Cc1ccc(OCc2ccccc2)cc1. The summed E-state index contributed by atoms with van der Waals surface area (Å²) in [6.45, 7) is 4.99. The van der Waals surface area contributed by atoms with E-state index < -0.39 is 131 Å². The first kappa shape index (κ1) is 105. The van der Waals surface area contributed by atoms with Crippen LogP contribution in [0.2, 0.25) is 0 Å². The number of benzene rings is 7. The van der Waals surface area contributed by atoms with Crippen molar-refractivity contribution in [1.82, 2.24) is 21.3 Å². The number of Topliss-reactive ketones (excluding diaryl/α,β-unsaturated/α-hetero) is 6. The van der Waals surface area contributed by atoms with Gasteiger partial charge in [0.05, 0.1) is 0 Å². The molecule has 0 heterocycles. The summed E-state index contributed by atoms with van der Waals surface area (Å²) >= 11 is 0. The quantitative estimate of drug-likeness (QED) is 0.0106.